The summed E-state index contributed by atoms with van der Waals surface area (Å²) < 4.78 is 0. The maximum Gasteiger partial charge on any atom is 0.327 e. The van der Waals surface area contributed by atoms with Crippen molar-refractivity contribution >= 4 is 30.2 Å². The fourth-order valence-electron chi connectivity index (χ4n) is 1.17. The van der Waals surface area contributed by atoms with Crippen LogP contribution in [0.15, 0.2) is 30.3 Å². The van der Waals surface area contributed by atoms with Gasteiger partial charge in [-0.3, -0.25) is 4.79 Å². The molecule has 0 aliphatic carbocycles. The van der Waals surface area contributed by atoms with Gasteiger partial charge in [0.1, 0.15) is 6.04 Å². The number of anilines is 1. The van der Waals surface area contributed by atoms with Crippen molar-refractivity contribution in [3.8, 4) is 0 Å². The summed E-state index contributed by atoms with van der Waals surface area (Å²) in [5.41, 5.74) is 0.806. The number of carboxylic acid groups (broad SMARTS) is 1. The smallest absolute Gasteiger partial charge is 0.327 e. The largest absolute Gasteiger partial charge is 0.480 e. The van der Waals surface area contributed by atoms with E-state index in [0.29, 0.717) is 0 Å². The fraction of sp³-hybridized carbons (Fsp3) is 0.273. The van der Waals surface area contributed by atoms with E-state index in [-0.39, 0.29) is 18.2 Å². The van der Waals surface area contributed by atoms with Gasteiger partial charge in [-0.25, -0.2) is 4.79 Å². The first kappa shape index (κ1) is 13.4. The van der Waals surface area contributed by atoms with Gasteiger partial charge in [-0.1, -0.05) is 18.2 Å². The Hall–Kier alpha value is -1.69. The van der Waals surface area contributed by atoms with E-state index < -0.39 is 12.0 Å². The highest BCUT2D eigenvalue weighted by molar-refractivity contribution is 7.80. The lowest BCUT2D eigenvalue weighted by molar-refractivity contribution is -0.140. The minimum atomic E-state index is -1.09. The third kappa shape index (κ3) is 4.78. The van der Waals surface area contributed by atoms with Gasteiger partial charge in [0, 0.05) is 11.4 Å². The van der Waals surface area contributed by atoms with Crippen LogP contribution in [0.1, 0.15) is 0 Å². The summed E-state index contributed by atoms with van der Waals surface area (Å²) in [6.07, 6.45) is 0. The third-order valence-electron chi connectivity index (χ3n) is 2.04. The summed E-state index contributed by atoms with van der Waals surface area (Å²) in [6.45, 7) is 0.0293. The molecule has 1 aromatic carbocycles. The number of amides is 1. The zero-order valence-corrected chi connectivity index (χ0v) is 9.98. The number of carbonyl (C=O) groups is 2. The van der Waals surface area contributed by atoms with E-state index in [1.165, 1.54) is 0 Å². The molecule has 0 saturated carbocycles. The van der Waals surface area contributed by atoms with Crippen LogP contribution in [0.4, 0.5) is 5.69 Å². The van der Waals surface area contributed by atoms with Crippen LogP contribution in [0.25, 0.3) is 0 Å². The van der Waals surface area contributed by atoms with Crippen LogP contribution in [-0.2, 0) is 9.59 Å². The van der Waals surface area contributed by atoms with Crippen molar-refractivity contribution in [1.29, 1.82) is 0 Å². The predicted octanol–water partition coefficient (Wildman–Crippen LogP) is 0.598. The summed E-state index contributed by atoms with van der Waals surface area (Å²) in [6, 6.07) is 8.24. The van der Waals surface area contributed by atoms with Crippen molar-refractivity contribution in [3.63, 3.8) is 0 Å². The normalized spacial score (nSPS) is 11.6. The van der Waals surface area contributed by atoms with Gasteiger partial charge < -0.3 is 15.7 Å². The highest BCUT2D eigenvalue weighted by Gasteiger charge is 2.17. The first-order valence-electron chi connectivity index (χ1n) is 5.05. The minimum absolute atomic E-state index is 0.0293. The van der Waals surface area contributed by atoms with Gasteiger partial charge in [0.15, 0.2) is 0 Å². The van der Waals surface area contributed by atoms with E-state index in [1.54, 1.807) is 0 Å². The molecule has 1 aromatic rings. The van der Waals surface area contributed by atoms with Gasteiger partial charge in [0.25, 0.3) is 0 Å². The molecule has 0 radical (unpaired) electrons. The maximum atomic E-state index is 11.4. The SMILES string of the molecule is O=C(CNc1ccccc1)N[C@@H](CS)C(=O)O. The summed E-state index contributed by atoms with van der Waals surface area (Å²) >= 11 is 3.85. The Morgan fingerprint density at radius 2 is 1.94 bits per heavy atom. The number of para-hydroxylation sites is 1. The predicted molar refractivity (Wildman–Crippen MR) is 68.4 cm³/mol. The number of aliphatic carboxylic acids is 1. The Morgan fingerprint density at radius 3 is 2.47 bits per heavy atom. The molecule has 92 valence electrons. The zero-order valence-electron chi connectivity index (χ0n) is 9.09. The lowest BCUT2D eigenvalue weighted by atomic mass is 10.3. The Balaban J connectivity index is 2.37. The molecule has 17 heavy (non-hydrogen) atoms. The molecular formula is C11H14N2O3S. The van der Waals surface area contributed by atoms with Crippen LogP contribution in [0.5, 0.6) is 0 Å². The van der Waals surface area contributed by atoms with Gasteiger partial charge in [0.05, 0.1) is 6.54 Å². The molecule has 0 spiro atoms. The number of hydrogen-bond acceptors (Lipinski definition) is 4. The molecule has 0 aliphatic heterocycles. The first-order valence-corrected chi connectivity index (χ1v) is 5.68. The molecule has 0 bridgehead atoms. The molecule has 6 heteroatoms. The van der Waals surface area contributed by atoms with Crippen molar-refractivity contribution in [2.24, 2.45) is 0 Å². The highest BCUT2D eigenvalue weighted by atomic mass is 32.1. The second-order valence-electron chi connectivity index (χ2n) is 3.36. The number of rotatable bonds is 6. The summed E-state index contributed by atoms with van der Waals surface area (Å²) in [7, 11) is 0. The van der Waals surface area contributed by atoms with Crippen LogP contribution in [0.2, 0.25) is 0 Å². The first-order chi connectivity index (χ1) is 8.13. The maximum absolute atomic E-state index is 11.4. The van der Waals surface area contributed by atoms with Gasteiger partial charge in [-0.15, -0.1) is 0 Å². The number of thiol groups is 1. The summed E-state index contributed by atoms with van der Waals surface area (Å²) in [5, 5.41) is 14.0. The molecule has 0 fully saturated rings. The minimum Gasteiger partial charge on any atom is -0.480 e. The Kier molecular flexibility index (Phi) is 5.35. The molecule has 0 aromatic heterocycles. The second-order valence-corrected chi connectivity index (χ2v) is 3.73. The Labute approximate surface area is 105 Å². The lowest BCUT2D eigenvalue weighted by Crippen LogP contribution is -2.44. The molecule has 0 unspecified atom stereocenters. The molecule has 0 aliphatic rings. The third-order valence-corrected chi connectivity index (χ3v) is 2.41. The fourth-order valence-corrected chi connectivity index (χ4v) is 1.42. The van der Waals surface area contributed by atoms with Crippen LogP contribution in [0, 0.1) is 0 Å². The number of benzene rings is 1. The number of carboxylic acids is 1. The van der Waals surface area contributed by atoms with E-state index in [9.17, 15) is 9.59 Å². The molecule has 3 N–H and O–H groups in total. The Morgan fingerprint density at radius 1 is 1.29 bits per heavy atom. The number of carbonyl (C=O) groups excluding carboxylic acids is 1. The lowest BCUT2D eigenvalue weighted by Gasteiger charge is -2.12. The highest BCUT2D eigenvalue weighted by Crippen LogP contribution is 2.03. The van der Waals surface area contributed by atoms with Gasteiger partial charge in [-0.05, 0) is 12.1 Å². The van der Waals surface area contributed by atoms with Crippen molar-refractivity contribution in [3.05, 3.63) is 30.3 Å². The van der Waals surface area contributed by atoms with Crippen LogP contribution < -0.4 is 10.6 Å². The van der Waals surface area contributed by atoms with Crippen LogP contribution >= 0.6 is 12.6 Å². The van der Waals surface area contributed by atoms with Gasteiger partial charge in [-0.2, -0.15) is 12.6 Å². The zero-order chi connectivity index (χ0) is 12.7. The second kappa shape index (κ2) is 6.80. The van der Waals surface area contributed by atoms with Crippen molar-refractivity contribution in [2.45, 2.75) is 6.04 Å². The molecule has 1 rings (SSSR count). The molecule has 5 nitrogen and oxygen atoms in total. The topological polar surface area (TPSA) is 78.4 Å². The monoisotopic (exact) mass is 254 g/mol. The van der Waals surface area contributed by atoms with E-state index in [4.69, 9.17) is 5.11 Å². The van der Waals surface area contributed by atoms with E-state index in [0.717, 1.165) is 5.69 Å². The molecule has 0 heterocycles. The molecule has 1 amide bonds. The number of hydrogen-bond donors (Lipinski definition) is 4. The Bertz CT molecular complexity index is 384. The standard InChI is InChI=1S/C11H14N2O3S/c14-10(13-9(7-17)11(15)16)6-12-8-4-2-1-3-5-8/h1-5,9,12,17H,6-7H2,(H,13,14)(H,15,16)/t9-/m0/s1. The van der Waals surface area contributed by atoms with Crippen LogP contribution in [-0.4, -0.2) is 35.3 Å². The van der Waals surface area contributed by atoms with E-state index >= 15 is 0 Å². The molecule has 1 atom stereocenters. The van der Waals surface area contributed by atoms with Gasteiger partial charge in [0.2, 0.25) is 5.91 Å². The van der Waals surface area contributed by atoms with Crippen molar-refractivity contribution in [1.82, 2.24) is 5.32 Å². The van der Waals surface area contributed by atoms with Crippen molar-refractivity contribution in [2.75, 3.05) is 17.6 Å². The summed E-state index contributed by atoms with van der Waals surface area (Å²) in [5.74, 6) is -1.41. The average molecular weight is 254 g/mol. The van der Waals surface area contributed by atoms with Crippen LogP contribution in [0.3, 0.4) is 0 Å². The van der Waals surface area contributed by atoms with Gasteiger partial charge >= 0.3 is 5.97 Å². The number of nitrogens with one attached hydrogen (secondary N) is 2. The van der Waals surface area contributed by atoms with E-state index in [1.807, 2.05) is 30.3 Å². The summed E-state index contributed by atoms with van der Waals surface area (Å²) in [4.78, 5) is 22.1. The molecule has 0 saturated heterocycles. The van der Waals surface area contributed by atoms with E-state index in [2.05, 4.69) is 23.3 Å². The average Bonchev–Trinajstić information content (AvgIpc) is 2.34. The quantitative estimate of drug-likeness (QED) is 0.561. The van der Waals surface area contributed by atoms with Crippen molar-refractivity contribution < 1.29 is 14.7 Å². The molecular weight excluding hydrogens is 240 g/mol.